The Morgan fingerprint density at radius 3 is 2.76 bits per heavy atom. The Hall–Kier alpha value is -1.19. The molecule has 3 heteroatoms. The van der Waals surface area contributed by atoms with E-state index in [2.05, 4.69) is 48.8 Å². The molecule has 1 N–H and O–H groups in total. The molecule has 1 saturated carbocycles. The zero-order valence-corrected chi connectivity index (χ0v) is 13.7. The average molecular weight is 300 g/mol. The molecule has 112 valence electrons. The number of nitrogens with one attached hydrogen (secondary N) is 1. The molecule has 1 aliphatic carbocycles. The van der Waals surface area contributed by atoms with Crippen molar-refractivity contribution in [1.82, 2.24) is 10.3 Å². The fourth-order valence-corrected chi connectivity index (χ4v) is 4.22. The van der Waals surface area contributed by atoms with E-state index in [9.17, 15) is 0 Å². The van der Waals surface area contributed by atoms with Crippen molar-refractivity contribution in [3.05, 3.63) is 40.7 Å². The maximum Gasteiger partial charge on any atom is 0.107 e. The minimum atomic E-state index is 0.666. The summed E-state index contributed by atoms with van der Waals surface area (Å²) in [6, 6.07) is 11.1. The molecule has 1 aromatic heterocycles. The molecule has 1 heterocycles. The van der Waals surface area contributed by atoms with Crippen molar-refractivity contribution in [1.29, 1.82) is 0 Å². The minimum absolute atomic E-state index is 0.666. The Balaban J connectivity index is 1.59. The number of rotatable bonds is 5. The highest BCUT2D eigenvalue weighted by atomic mass is 32.1. The van der Waals surface area contributed by atoms with Gasteiger partial charge in [-0.05, 0) is 24.7 Å². The standard InChI is InChI=1S/C18H24N2S/c1-3-14-9-10-16(13(14)2)19-11-18-20-17(12-21-18)15-7-5-4-6-8-15/h4-8,12-14,16,19H,3,9-11H2,1-2H3. The molecule has 21 heavy (non-hydrogen) atoms. The lowest BCUT2D eigenvalue weighted by Gasteiger charge is -2.20. The number of nitrogens with zero attached hydrogens (tertiary/aromatic N) is 1. The summed E-state index contributed by atoms with van der Waals surface area (Å²) in [5, 5.41) is 7.09. The van der Waals surface area contributed by atoms with Crippen LogP contribution in [0, 0.1) is 11.8 Å². The first kappa shape index (κ1) is 14.7. The molecule has 0 saturated heterocycles. The Morgan fingerprint density at radius 2 is 2.05 bits per heavy atom. The lowest BCUT2D eigenvalue weighted by Crippen LogP contribution is -2.32. The number of hydrogen-bond donors (Lipinski definition) is 1. The first-order valence-corrected chi connectivity index (χ1v) is 8.89. The predicted octanol–water partition coefficient (Wildman–Crippen LogP) is 4.72. The van der Waals surface area contributed by atoms with Crippen LogP contribution >= 0.6 is 11.3 Å². The third-order valence-corrected chi connectivity index (χ3v) is 5.74. The van der Waals surface area contributed by atoms with Gasteiger partial charge in [-0.1, -0.05) is 50.6 Å². The summed E-state index contributed by atoms with van der Waals surface area (Å²) in [6.45, 7) is 5.62. The van der Waals surface area contributed by atoms with Crippen molar-refractivity contribution >= 4 is 11.3 Å². The van der Waals surface area contributed by atoms with Gasteiger partial charge in [-0.2, -0.15) is 0 Å². The van der Waals surface area contributed by atoms with Crippen LogP contribution < -0.4 is 5.32 Å². The van der Waals surface area contributed by atoms with E-state index in [1.165, 1.54) is 29.8 Å². The summed E-state index contributed by atoms with van der Waals surface area (Å²) < 4.78 is 0. The molecule has 0 radical (unpaired) electrons. The molecule has 3 rings (SSSR count). The van der Waals surface area contributed by atoms with Gasteiger partial charge < -0.3 is 5.32 Å². The van der Waals surface area contributed by atoms with Gasteiger partial charge in [-0.15, -0.1) is 11.3 Å². The van der Waals surface area contributed by atoms with Crippen LogP contribution in [0.5, 0.6) is 0 Å². The zero-order valence-electron chi connectivity index (χ0n) is 12.9. The van der Waals surface area contributed by atoms with Gasteiger partial charge in [0, 0.05) is 23.5 Å². The molecule has 3 unspecified atom stereocenters. The molecule has 3 atom stereocenters. The van der Waals surface area contributed by atoms with E-state index in [1.807, 2.05) is 6.07 Å². The van der Waals surface area contributed by atoms with Crippen molar-refractivity contribution in [3.8, 4) is 11.3 Å². The van der Waals surface area contributed by atoms with E-state index in [1.54, 1.807) is 11.3 Å². The molecular formula is C18H24N2S. The summed E-state index contributed by atoms with van der Waals surface area (Å²) in [4.78, 5) is 4.76. The highest BCUT2D eigenvalue weighted by molar-refractivity contribution is 7.09. The minimum Gasteiger partial charge on any atom is -0.307 e. The highest BCUT2D eigenvalue weighted by Crippen LogP contribution is 2.34. The van der Waals surface area contributed by atoms with E-state index in [0.29, 0.717) is 6.04 Å². The Morgan fingerprint density at radius 1 is 1.24 bits per heavy atom. The van der Waals surface area contributed by atoms with E-state index < -0.39 is 0 Å². The number of benzene rings is 1. The quantitative estimate of drug-likeness (QED) is 0.864. The molecule has 1 aromatic carbocycles. The maximum absolute atomic E-state index is 4.76. The van der Waals surface area contributed by atoms with E-state index >= 15 is 0 Å². The molecule has 2 aromatic rings. The summed E-state index contributed by atoms with van der Waals surface area (Å²) >= 11 is 1.76. The third-order valence-electron chi connectivity index (χ3n) is 4.89. The lowest BCUT2D eigenvalue weighted by molar-refractivity contribution is 0.344. The number of thiazole rings is 1. The Kier molecular flexibility index (Phi) is 4.71. The van der Waals surface area contributed by atoms with E-state index in [0.717, 1.165) is 24.1 Å². The Labute approximate surface area is 131 Å². The van der Waals surface area contributed by atoms with Gasteiger partial charge in [0.1, 0.15) is 5.01 Å². The van der Waals surface area contributed by atoms with Crippen LogP contribution in [-0.4, -0.2) is 11.0 Å². The molecule has 1 fully saturated rings. The molecule has 0 aliphatic heterocycles. The van der Waals surface area contributed by atoms with Gasteiger partial charge in [0.05, 0.1) is 5.69 Å². The van der Waals surface area contributed by atoms with Crippen LogP contribution in [0.2, 0.25) is 0 Å². The fourth-order valence-electron chi connectivity index (χ4n) is 3.46. The molecular weight excluding hydrogens is 276 g/mol. The second kappa shape index (κ2) is 6.71. The van der Waals surface area contributed by atoms with Crippen LogP contribution in [0.25, 0.3) is 11.3 Å². The summed E-state index contributed by atoms with van der Waals surface area (Å²) in [7, 11) is 0. The highest BCUT2D eigenvalue weighted by Gasteiger charge is 2.31. The van der Waals surface area contributed by atoms with Crippen molar-refractivity contribution in [2.24, 2.45) is 11.8 Å². The average Bonchev–Trinajstić information content (AvgIpc) is 3.13. The summed E-state index contributed by atoms with van der Waals surface area (Å²) in [5.74, 6) is 1.70. The normalized spacial score (nSPS) is 25.3. The SMILES string of the molecule is CCC1CCC(NCc2nc(-c3ccccc3)cs2)C1C. The lowest BCUT2D eigenvalue weighted by atomic mass is 9.93. The topological polar surface area (TPSA) is 24.9 Å². The third kappa shape index (κ3) is 3.35. The largest absolute Gasteiger partial charge is 0.307 e. The van der Waals surface area contributed by atoms with Crippen LogP contribution in [0.15, 0.2) is 35.7 Å². The van der Waals surface area contributed by atoms with Crippen LogP contribution in [0.3, 0.4) is 0 Å². The van der Waals surface area contributed by atoms with Gasteiger partial charge in [0.2, 0.25) is 0 Å². The smallest absolute Gasteiger partial charge is 0.107 e. The second-order valence-electron chi connectivity index (χ2n) is 6.08. The van der Waals surface area contributed by atoms with Crippen LogP contribution in [-0.2, 0) is 6.54 Å². The van der Waals surface area contributed by atoms with Gasteiger partial charge in [0.15, 0.2) is 0 Å². The Bertz CT molecular complexity index is 564. The zero-order chi connectivity index (χ0) is 14.7. The van der Waals surface area contributed by atoms with Crippen molar-refractivity contribution < 1.29 is 0 Å². The molecule has 1 aliphatic rings. The second-order valence-corrected chi connectivity index (χ2v) is 7.03. The fraction of sp³-hybridized carbons (Fsp3) is 0.500. The van der Waals surface area contributed by atoms with Gasteiger partial charge in [0.25, 0.3) is 0 Å². The van der Waals surface area contributed by atoms with Crippen molar-refractivity contribution in [2.75, 3.05) is 0 Å². The summed E-state index contributed by atoms with van der Waals surface area (Å²) in [5.41, 5.74) is 2.31. The summed E-state index contributed by atoms with van der Waals surface area (Å²) in [6.07, 6.45) is 4.01. The molecule has 2 nitrogen and oxygen atoms in total. The molecule has 0 amide bonds. The van der Waals surface area contributed by atoms with Gasteiger partial charge in [-0.25, -0.2) is 4.98 Å². The van der Waals surface area contributed by atoms with Gasteiger partial charge >= 0.3 is 0 Å². The van der Waals surface area contributed by atoms with Crippen molar-refractivity contribution in [2.45, 2.75) is 45.7 Å². The number of hydrogen-bond acceptors (Lipinski definition) is 3. The predicted molar refractivity (Wildman–Crippen MR) is 90.4 cm³/mol. The monoisotopic (exact) mass is 300 g/mol. The molecule has 0 spiro atoms. The van der Waals surface area contributed by atoms with Crippen LogP contribution in [0.4, 0.5) is 0 Å². The van der Waals surface area contributed by atoms with E-state index in [4.69, 9.17) is 4.98 Å². The van der Waals surface area contributed by atoms with E-state index in [-0.39, 0.29) is 0 Å². The maximum atomic E-state index is 4.76. The molecule has 0 bridgehead atoms. The van der Waals surface area contributed by atoms with Crippen LogP contribution in [0.1, 0.15) is 38.1 Å². The first-order valence-electron chi connectivity index (χ1n) is 8.01. The number of aromatic nitrogens is 1. The first-order chi connectivity index (χ1) is 10.3. The van der Waals surface area contributed by atoms with Crippen molar-refractivity contribution in [3.63, 3.8) is 0 Å². The van der Waals surface area contributed by atoms with Gasteiger partial charge in [-0.3, -0.25) is 0 Å².